The lowest BCUT2D eigenvalue weighted by Gasteiger charge is -2.09. The molecule has 102 valence electrons. The highest BCUT2D eigenvalue weighted by atomic mass is 32.1. The number of nitrogens with zero attached hydrogens (tertiary/aromatic N) is 2. The Balaban J connectivity index is 2.05. The first kappa shape index (κ1) is 13.0. The molecule has 0 aliphatic heterocycles. The van der Waals surface area contributed by atoms with Crippen LogP contribution in [0.5, 0.6) is 0 Å². The van der Waals surface area contributed by atoms with Crippen LogP contribution < -0.4 is 5.32 Å². The summed E-state index contributed by atoms with van der Waals surface area (Å²) in [6, 6.07) is 12.0. The molecule has 0 atom stereocenters. The van der Waals surface area contributed by atoms with Gasteiger partial charge in [-0.2, -0.15) is 0 Å². The number of aromatic nitrogens is 2. The number of hydrogen-bond acceptors (Lipinski definition) is 5. The van der Waals surface area contributed by atoms with Gasteiger partial charge in [0.25, 0.3) is 0 Å². The minimum Gasteiger partial charge on any atom is -0.396 e. The number of anilines is 1. The lowest BCUT2D eigenvalue weighted by atomic mass is 10.2. The van der Waals surface area contributed by atoms with Crippen molar-refractivity contribution in [3.05, 3.63) is 41.8 Å². The summed E-state index contributed by atoms with van der Waals surface area (Å²) in [5.41, 5.74) is 0.928. The third-order valence-corrected chi connectivity index (χ3v) is 3.84. The van der Waals surface area contributed by atoms with E-state index >= 15 is 0 Å². The summed E-state index contributed by atoms with van der Waals surface area (Å²) >= 11 is 1.63. The van der Waals surface area contributed by atoms with Crippen molar-refractivity contribution in [3.63, 3.8) is 0 Å². The summed E-state index contributed by atoms with van der Waals surface area (Å²) in [6.07, 6.45) is 0.701. The van der Waals surface area contributed by atoms with Gasteiger partial charge in [-0.25, -0.2) is 9.97 Å². The molecule has 2 N–H and O–H groups in total. The predicted octanol–water partition coefficient (Wildman–Crippen LogP) is 3.15. The molecule has 4 nitrogen and oxygen atoms in total. The molecule has 0 saturated carbocycles. The fraction of sp³-hybridized carbons (Fsp3) is 0.200. The molecule has 2 heterocycles. The number of fused-ring (bicyclic) bond motifs is 1. The van der Waals surface area contributed by atoms with Crippen LogP contribution in [0.2, 0.25) is 0 Å². The van der Waals surface area contributed by atoms with Crippen LogP contribution in [0.1, 0.15) is 6.42 Å². The van der Waals surface area contributed by atoms with Crippen molar-refractivity contribution >= 4 is 28.1 Å². The van der Waals surface area contributed by atoms with E-state index < -0.39 is 0 Å². The highest BCUT2D eigenvalue weighted by Gasteiger charge is 2.09. The van der Waals surface area contributed by atoms with Gasteiger partial charge in [-0.3, -0.25) is 0 Å². The molecule has 0 saturated heterocycles. The summed E-state index contributed by atoms with van der Waals surface area (Å²) in [4.78, 5) is 10.3. The fourth-order valence-corrected chi connectivity index (χ4v) is 2.67. The molecule has 1 aromatic carbocycles. The summed E-state index contributed by atoms with van der Waals surface area (Å²) < 4.78 is 0. The van der Waals surface area contributed by atoms with Gasteiger partial charge in [0.2, 0.25) is 0 Å². The lowest BCUT2D eigenvalue weighted by Crippen LogP contribution is -2.06. The molecule has 3 aromatic rings. The molecule has 2 aromatic heterocycles. The van der Waals surface area contributed by atoms with Gasteiger partial charge < -0.3 is 10.4 Å². The summed E-state index contributed by atoms with van der Waals surface area (Å²) in [5.74, 6) is 1.57. The second kappa shape index (κ2) is 5.98. The van der Waals surface area contributed by atoms with Gasteiger partial charge in [-0.1, -0.05) is 18.2 Å². The van der Waals surface area contributed by atoms with Gasteiger partial charge in [-0.15, -0.1) is 11.3 Å². The normalized spacial score (nSPS) is 10.8. The maximum Gasteiger partial charge on any atom is 0.172 e. The SMILES string of the molecule is OCCCNc1nc(-c2cccs2)nc2ccccc12. The topological polar surface area (TPSA) is 58.0 Å². The van der Waals surface area contributed by atoms with Crippen molar-refractivity contribution in [2.24, 2.45) is 0 Å². The second-order valence-electron chi connectivity index (χ2n) is 4.39. The molecule has 5 heteroatoms. The number of rotatable bonds is 5. The molecule has 0 bridgehead atoms. The van der Waals surface area contributed by atoms with Gasteiger partial charge in [0.05, 0.1) is 10.4 Å². The maximum absolute atomic E-state index is 8.89. The summed E-state index contributed by atoms with van der Waals surface area (Å²) in [7, 11) is 0. The Labute approximate surface area is 121 Å². The van der Waals surface area contributed by atoms with E-state index in [1.807, 2.05) is 41.8 Å². The third kappa shape index (κ3) is 2.64. The Kier molecular flexibility index (Phi) is 3.90. The lowest BCUT2D eigenvalue weighted by molar-refractivity contribution is 0.292. The van der Waals surface area contributed by atoms with E-state index in [1.165, 1.54) is 0 Å². The van der Waals surface area contributed by atoms with Gasteiger partial charge in [0.15, 0.2) is 5.82 Å². The number of aliphatic hydroxyl groups is 1. The molecule has 0 fully saturated rings. The molecule has 0 radical (unpaired) electrons. The van der Waals surface area contributed by atoms with Crippen LogP contribution in [-0.2, 0) is 0 Å². The molecule has 0 aliphatic rings. The molecule has 0 spiro atoms. The zero-order valence-corrected chi connectivity index (χ0v) is 11.7. The Morgan fingerprint density at radius 1 is 1.10 bits per heavy atom. The number of nitrogens with one attached hydrogen (secondary N) is 1. The molecular weight excluding hydrogens is 270 g/mol. The number of aliphatic hydroxyl groups excluding tert-OH is 1. The third-order valence-electron chi connectivity index (χ3n) is 2.97. The van der Waals surface area contributed by atoms with Gasteiger partial charge in [0, 0.05) is 18.5 Å². The van der Waals surface area contributed by atoms with E-state index in [-0.39, 0.29) is 6.61 Å². The molecule has 0 amide bonds. The standard InChI is InChI=1S/C15H15N3OS/c19-9-4-8-16-14-11-5-1-2-6-12(11)17-15(18-14)13-7-3-10-20-13/h1-3,5-7,10,19H,4,8-9H2,(H,16,17,18). The van der Waals surface area contributed by atoms with Crippen LogP contribution in [0.15, 0.2) is 41.8 Å². The van der Waals surface area contributed by atoms with Crippen LogP contribution in [0.4, 0.5) is 5.82 Å². The second-order valence-corrected chi connectivity index (χ2v) is 5.34. The highest BCUT2D eigenvalue weighted by Crippen LogP contribution is 2.27. The fourth-order valence-electron chi connectivity index (χ4n) is 2.01. The first-order valence-corrected chi connectivity index (χ1v) is 7.42. The minimum atomic E-state index is 0.174. The average molecular weight is 285 g/mol. The largest absolute Gasteiger partial charge is 0.396 e. The van der Waals surface area contributed by atoms with Crippen LogP contribution in [0.3, 0.4) is 0 Å². The Morgan fingerprint density at radius 2 is 2.00 bits per heavy atom. The Morgan fingerprint density at radius 3 is 2.80 bits per heavy atom. The van der Waals surface area contributed by atoms with Gasteiger partial charge >= 0.3 is 0 Å². The summed E-state index contributed by atoms with van der Waals surface area (Å²) in [5, 5.41) is 15.2. The highest BCUT2D eigenvalue weighted by molar-refractivity contribution is 7.13. The van der Waals surface area contributed by atoms with Crippen molar-refractivity contribution in [3.8, 4) is 10.7 Å². The monoisotopic (exact) mass is 285 g/mol. The van der Waals surface area contributed by atoms with Gasteiger partial charge in [-0.05, 0) is 30.0 Å². The Bertz CT molecular complexity index is 697. The summed E-state index contributed by atoms with van der Waals surface area (Å²) in [6.45, 7) is 0.870. The minimum absolute atomic E-state index is 0.174. The van der Waals surface area contributed by atoms with E-state index in [2.05, 4.69) is 15.3 Å². The van der Waals surface area contributed by atoms with E-state index in [9.17, 15) is 0 Å². The number of para-hydroxylation sites is 1. The van der Waals surface area contributed by atoms with E-state index in [0.717, 1.165) is 27.4 Å². The van der Waals surface area contributed by atoms with Crippen LogP contribution in [-0.4, -0.2) is 28.2 Å². The quantitative estimate of drug-likeness (QED) is 0.707. The molecule has 0 aliphatic carbocycles. The van der Waals surface area contributed by atoms with E-state index in [1.54, 1.807) is 11.3 Å². The first-order valence-electron chi connectivity index (χ1n) is 6.54. The van der Waals surface area contributed by atoms with E-state index in [0.29, 0.717) is 13.0 Å². The van der Waals surface area contributed by atoms with Gasteiger partial charge in [0.1, 0.15) is 5.82 Å². The number of hydrogen-bond donors (Lipinski definition) is 2. The van der Waals surface area contributed by atoms with Crippen molar-refractivity contribution < 1.29 is 5.11 Å². The smallest absolute Gasteiger partial charge is 0.172 e. The molecule has 20 heavy (non-hydrogen) atoms. The van der Waals surface area contributed by atoms with Crippen molar-refractivity contribution in [2.45, 2.75) is 6.42 Å². The van der Waals surface area contributed by atoms with Crippen LogP contribution in [0, 0.1) is 0 Å². The zero-order valence-electron chi connectivity index (χ0n) is 10.9. The Hall–Kier alpha value is -1.98. The molecular formula is C15H15N3OS. The first-order chi connectivity index (χ1) is 9.88. The molecule has 3 rings (SSSR count). The van der Waals surface area contributed by atoms with Crippen LogP contribution in [0.25, 0.3) is 21.6 Å². The number of benzene rings is 1. The van der Waals surface area contributed by atoms with Crippen molar-refractivity contribution in [1.29, 1.82) is 0 Å². The molecule has 0 unspecified atom stereocenters. The maximum atomic E-state index is 8.89. The van der Waals surface area contributed by atoms with Crippen molar-refractivity contribution in [2.75, 3.05) is 18.5 Å². The zero-order chi connectivity index (χ0) is 13.8. The number of thiophene rings is 1. The predicted molar refractivity (Wildman–Crippen MR) is 83.0 cm³/mol. The van der Waals surface area contributed by atoms with E-state index in [4.69, 9.17) is 5.11 Å². The average Bonchev–Trinajstić information content (AvgIpc) is 3.01. The van der Waals surface area contributed by atoms with Crippen molar-refractivity contribution in [1.82, 2.24) is 9.97 Å². The van der Waals surface area contributed by atoms with Crippen LogP contribution >= 0.6 is 11.3 Å².